The van der Waals surface area contributed by atoms with Crippen LogP contribution in [0.4, 0.5) is 11.4 Å². The molecule has 2 aliphatic heterocycles. The minimum atomic E-state index is 0.121. The number of amides is 1. The Hall–Kier alpha value is -4.09. The number of piperazine rings is 1. The van der Waals surface area contributed by atoms with Crippen LogP contribution in [-0.4, -0.2) is 48.4 Å². The zero-order valence-corrected chi connectivity index (χ0v) is 22.4. The number of hydrogen-bond donors (Lipinski definition) is 1. The number of rotatable bonds is 8. The lowest BCUT2D eigenvalue weighted by atomic mass is 9.88. The fourth-order valence-corrected chi connectivity index (χ4v) is 5.95. The smallest absolute Gasteiger partial charge is 0.254 e. The van der Waals surface area contributed by atoms with E-state index < -0.39 is 0 Å². The number of nitrogens with zero attached hydrogens (tertiary/aromatic N) is 3. The lowest BCUT2D eigenvalue weighted by molar-refractivity contribution is 0.0766. The van der Waals surface area contributed by atoms with E-state index in [2.05, 4.69) is 88.7 Å². The summed E-state index contributed by atoms with van der Waals surface area (Å²) in [6, 6.07) is 36.0. The minimum absolute atomic E-state index is 0.121. The van der Waals surface area contributed by atoms with Gasteiger partial charge in [-0.15, -0.1) is 0 Å². The van der Waals surface area contributed by atoms with Gasteiger partial charge >= 0.3 is 0 Å². The SMILES string of the molecule is Nc1ccc(CN2Cc3ccc(N4CCN(CCC(c5ccccc5)c5ccccc5)CC4)cc3C2=O)cc1. The summed E-state index contributed by atoms with van der Waals surface area (Å²) in [6.07, 6.45) is 1.10. The van der Waals surface area contributed by atoms with E-state index in [4.69, 9.17) is 5.73 Å². The minimum Gasteiger partial charge on any atom is -0.399 e. The van der Waals surface area contributed by atoms with Gasteiger partial charge < -0.3 is 15.5 Å². The molecule has 0 saturated carbocycles. The molecule has 1 amide bonds. The first-order valence-electron chi connectivity index (χ1n) is 14.0. The molecule has 5 nitrogen and oxygen atoms in total. The van der Waals surface area contributed by atoms with E-state index in [1.807, 2.05) is 29.2 Å². The van der Waals surface area contributed by atoms with Gasteiger partial charge in [0.2, 0.25) is 0 Å². The normalized spacial score (nSPS) is 15.7. The predicted molar refractivity (Wildman–Crippen MR) is 159 cm³/mol. The number of benzene rings is 4. The average molecular weight is 517 g/mol. The molecular weight excluding hydrogens is 480 g/mol. The van der Waals surface area contributed by atoms with Crippen LogP contribution in [0.3, 0.4) is 0 Å². The lowest BCUT2D eigenvalue weighted by Gasteiger charge is -2.37. The van der Waals surface area contributed by atoms with E-state index in [9.17, 15) is 4.79 Å². The largest absolute Gasteiger partial charge is 0.399 e. The van der Waals surface area contributed by atoms with Crippen molar-refractivity contribution in [3.63, 3.8) is 0 Å². The number of carbonyl (C=O) groups excluding carboxylic acids is 1. The van der Waals surface area contributed by atoms with E-state index in [0.717, 1.165) is 67.2 Å². The van der Waals surface area contributed by atoms with Gasteiger partial charge in [-0.05, 0) is 59.5 Å². The lowest BCUT2D eigenvalue weighted by Crippen LogP contribution is -2.46. The van der Waals surface area contributed by atoms with Crippen LogP contribution in [0.25, 0.3) is 0 Å². The van der Waals surface area contributed by atoms with Crippen LogP contribution >= 0.6 is 0 Å². The highest BCUT2D eigenvalue weighted by Crippen LogP contribution is 2.31. The highest BCUT2D eigenvalue weighted by atomic mass is 16.2. The standard InChI is InChI=1S/C34H36N4O/c35-30-14-11-26(12-15-30)24-38-25-29-13-16-31(23-33(29)34(38)39)37-21-19-36(20-22-37)18-17-32(27-7-3-1-4-8-27)28-9-5-2-6-10-28/h1-16,23,32H,17-22,24-25,35H2. The second-order valence-corrected chi connectivity index (χ2v) is 10.7. The van der Waals surface area contributed by atoms with Crippen molar-refractivity contribution in [2.45, 2.75) is 25.4 Å². The molecule has 2 N–H and O–H groups in total. The van der Waals surface area contributed by atoms with Crippen molar-refractivity contribution >= 4 is 17.3 Å². The van der Waals surface area contributed by atoms with Gasteiger partial charge in [-0.25, -0.2) is 0 Å². The zero-order chi connectivity index (χ0) is 26.6. The molecule has 1 saturated heterocycles. The van der Waals surface area contributed by atoms with Crippen molar-refractivity contribution < 1.29 is 4.79 Å². The summed E-state index contributed by atoms with van der Waals surface area (Å²) in [6.45, 7) is 6.36. The number of nitrogen functional groups attached to an aromatic ring is 1. The molecule has 0 unspecified atom stereocenters. The molecule has 0 aromatic heterocycles. The van der Waals surface area contributed by atoms with Crippen LogP contribution in [0, 0.1) is 0 Å². The molecule has 4 aromatic rings. The van der Waals surface area contributed by atoms with E-state index in [1.165, 1.54) is 11.1 Å². The first kappa shape index (κ1) is 25.2. The van der Waals surface area contributed by atoms with Gasteiger partial charge in [-0.2, -0.15) is 0 Å². The Balaban J connectivity index is 1.06. The van der Waals surface area contributed by atoms with Crippen LogP contribution in [0.5, 0.6) is 0 Å². The number of carbonyl (C=O) groups is 1. The second kappa shape index (κ2) is 11.3. The van der Waals surface area contributed by atoms with Gasteiger partial charge in [-0.1, -0.05) is 78.9 Å². The van der Waals surface area contributed by atoms with Crippen molar-refractivity contribution in [3.05, 3.63) is 131 Å². The van der Waals surface area contributed by atoms with E-state index in [1.54, 1.807) is 0 Å². The summed E-state index contributed by atoms with van der Waals surface area (Å²) in [5.41, 5.74) is 13.5. The third kappa shape index (κ3) is 5.69. The Bertz CT molecular complexity index is 1360. The van der Waals surface area contributed by atoms with Gasteiger partial charge in [0.05, 0.1) is 0 Å². The molecule has 0 atom stereocenters. The van der Waals surface area contributed by atoms with Crippen molar-refractivity contribution in [2.75, 3.05) is 43.4 Å². The Morgan fingerprint density at radius 3 is 2.03 bits per heavy atom. The summed E-state index contributed by atoms with van der Waals surface area (Å²) < 4.78 is 0. The van der Waals surface area contributed by atoms with Crippen LogP contribution < -0.4 is 10.6 Å². The van der Waals surface area contributed by atoms with Gasteiger partial charge in [0.25, 0.3) is 5.91 Å². The van der Waals surface area contributed by atoms with E-state index in [-0.39, 0.29) is 5.91 Å². The molecule has 5 heteroatoms. The number of fused-ring (bicyclic) bond motifs is 1. The van der Waals surface area contributed by atoms with Crippen LogP contribution in [0.15, 0.2) is 103 Å². The van der Waals surface area contributed by atoms with Gasteiger partial charge in [-0.3, -0.25) is 9.69 Å². The summed E-state index contributed by atoms with van der Waals surface area (Å²) in [5, 5.41) is 0. The molecule has 0 bridgehead atoms. The van der Waals surface area contributed by atoms with Crippen LogP contribution in [-0.2, 0) is 13.1 Å². The number of nitrogens with two attached hydrogens (primary N) is 1. The summed E-state index contributed by atoms with van der Waals surface area (Å²) in [4.78, 5) is 20.2. The maximum atomic E-state index is 13.2. The zero-order valence-electron chi connectivity index (χ0n) is 22.4. The quantitative estimate of drug-likeness (QED) is 0.302. The monoisotopic (exact) mass is 516 g/mol. The summed E-state index contributed by atoms with van der Waals surface area (Å²) >= 11 is 0. The van der Waals surface area contributed by atoms with Gasteiger partial charge in [0, 0.05) is 62.1 Å². The Morgan fingerprint density at radius 2 is 1.38 bits per heavy atom. The molecule has 2 aliphatic rings. The van der Waals surface area contributed by atoms with Crippen LogP contribution in [0.2, 0.25) is 0 Å². The molecule has 0 aliphatic carbocycles. The fraction of sp³-hybridized carbons (Fsp3) is 0.265. The molecular formula is C34H36N4O. The average Bonchev–Trinajstić information content (AvgIpc) is 3.30. The molecule has 39 heavy (non-hydrogen) atoms. The second-order valence-electron chi connectivity index (χ2n) is 10.7. The first-order valence-corrected chi connectivity index (χ1v) is 14.0. The molecule has 0 radical (unpaired) electrons. The van der Waals surface area contributed by atoms with Gasteiger partial charge in [0.15, 0.2) is 0 Å². The molecule has 2 heterocycles. The summed E-state index contributed by atoms with van der Waals surface area (Å²) in [5.74, 6) is 0.527. The third-order valence-electron chi connectivity index (χ3n) is 8.20. The third-order valence-corrected chi connectivity index (χ3v) is 8.20. The summed E-state index contributed by atoms with van der Waals surface area (Å²) in [7, 11) is 0. The molecule has 4 aromatic carbocycles. The Labute approximate surface area is 231 Å². The first-order chi connectivity index (χ1) is 19.1. The Kier molecular flexibility index (Phi) is 7.33. The van der Waals surface area contributed by atoms with Crippen molar-refractivity contribution in [3.8, 4) is 0 Å². The van der Waals surface area contributed by atoms with E-state index in [0.29, 0.717) is 19.0 Å². The highest BCUT2D eigenvalue weighted by Gasteiger charge is 2.29. The number of hydrogen-bond acceptors (Lipinski definition) is 4. The Morgan fingerprint density at radius 1 is 0.744 bits per heavy atom. The molecule has 198 valence electrons. The van der Waals surface area contributed by atoms with E-state index >= 15 is 0 Å². The maximum Gasteiger partial charge on any atom is 0.254 e. The highest BCUT2D eigenvalue weighted by molar-refractivity contribution is 5.99. The topological polar surface area (TPSA) is 52.8 Å². The predicted octanol–water partition coefficient (Wildman–Crippen LogP) is 5.77. The van der Waals surface area contributed by atoms with Crippen molar-refractivity contribution in [1.82, 2.24) is 9.80 Å². The molecule has 6 rings (SSSR count). The fourth-order valence-electron chi connectivity index (χ4n) is 5.95. The van der Waals surface area contributed by atoms with Crippen LogP contribution in [0.1, 0.15) is 45.0 Å². The van der Waals surface area contributed by atoms with Crippen molar-refractivity contribution in [2.24, 2.45) is 0 Å². The maximum absolute atomic E-state index is 13.2. The van der Waals surface area contributed by atoms with Crippen molar-refractivity contribution in [1.29, 1.82) is 0 Å². The molecule has 0 spiro atoms. The molecule has 1 fully saturated rings. The number of anilines is 2. The van der Waals surface area contributed by atoms with Gasteiger partial charge in [0.1, 0.15) is 0 Å².